The van der Waals surface area contributed by atoms with Gasteiger partial charge in [-0.25, -0.2) is 0 Å². The Balaban J connectivity index is 1.44. The minimum atomic E-state index is 0.410. The van der Waals surface area contributed by atoms with Crippen LogP contribution in [-0.4, -0.2) is 44.9 Å². The molecule has 27 heavy (non-hydrogen) atoms. The number of nitrogens with zero attached hydrogens (tertiary/aromatic N) is 1. The van der Waals surface area contributed by atoms with Crippen LogP contribution in [0.4, 0.5) is 0 Å². The maximum Gasteiger partial charge on any atom is 0.203 e. The van der Waals surface area contributed by atoms with Gasteiger partial charge in [-0.05, 0) is 49.2 Å². The third-order valence-electron chi connectivity index (χ3n) is 5.32. The van der Waals surface area contributed by atoms with Gasteiger partial charge in [0.2, 0.25) is 5.75 Å². The molecule has 5 heteroatoms. The van der Waals surface area contributed by atoms with Crippen LogP contribution in [0.2, 0.25) is 0 Å². The summed E-state index contributed by atoms with van der Waals surface area (Å²) in [5, 5.41) is 3.64. The Morgan fingerprint density at radius 2 is 1.85 bits per heavy atom. The van der Waals surface area contributed by atoms with Crippen LogP contribution in [0.5, 0.6) is 17.2 Å². The van der Waals surface area contributed by atoms with Crippen LogP contribution >= 0.6 is 0 Å². The van der Waals surface area contributed by atoms with Gasteiger partial charge in [0, 0.05) is 19.1 Å². The molecule has 2 aromatic rings. The summed E-state index contributed by atoms with van der Waals surface area (Å²) in [4.78, 5) is 2.59. The van der Waals surface area contributed by atoms with Gasteiger partial charge in [0.15, 0.2) is 11.5 Å². The third kappa shape index (κ3) is 4.20. The van der Waals surface area contributed by atoms with Gasteiger partial charge in [-0.2, -0.15) is 0 Å². The number of rotatable bonds is 7. The molecule has 0 unspecified atom stereocenters. The average molecular weight is 368 g/mol. The van der Waals surface area contributed by atoms with Crippen molar-refractivity contribution in [2.75, 3.05) is 40.0 Å². The molecule has 144 valence electrons. The lowest BCUT2D eigenvalue weighted by molar-refractivity contribution is 0.165. The Bertz CT molecular complexity index is 727. The van der Waals surface area contributed by atoms with Crippen LogP contribution < -0.4 is 19.5 Å². The fourth-order valence-electron chi connectivity index (χ4n) is 3.97. The number of nitrogens with one attached hydrogen (secondary N) is 1. The molecule has 1 atom stereocenters. The van der Waals surface area contributed by atoms with Gasteiger partial charge in [-0.1, -0.05) is 30.3 Å². The van der Waals surface area contributed by atoms with Gasteiger partial charge < -0.3 is 19.5 Å². The highest BCUT2D eigenvalue weighted by Crippen LogP contribution is 2.40. The number of hydrogen-bond acceptors (Lipinski definition) is 5. The second-order valence-corrected chi connectivity index (χ2v) is 7.12. The van der Waals surface area contributed by atoms with E-state index in [1.807, 2.05) is 6.07 Å². The van der Waals surface area contributed by atoms with Crippen molar-refractivity contribution in [2.24, 2.45) is 0 Å². The number of fused-ring (bicyclic) bond motifs is 1. The Kier molecular flexibility index (Phi) is 5.80. The van der Waals surface area contributed by atoms with E-state index in [9.17, 15) is 0 Å². The summed E-state index contributed by atoms with van der Waals surface area (Å²) in [7, 11) is 1.67. The van der Waals surface area contributed by atoms with E-state index in [1.54, 1.807) is 7.11 Å². The molecule has 0 aromatic heterocycles. The van der Waals surface area contributed by atoms with Crippen molar-refractivity contribution in [3.05, 3.63) is 53.6 Å². The average Bonchev–Trinajstić information content (AvgIpc) is 3.25. The van der Waals surface area contributed by atoms with Crippen molar-refractivity contribution in [2.45, 2.75) is 25.4 Å². The molecule has 2 aliphatic rings. The van der Waals surface area contributed by atoms with Crippen molar-refractivity contribution in [1.82, 2.24) is 10.2 Å². The number of likely N-dealkylation sites (tertiary alicyclic amines) is 1. The summed E-state index contributed by atoms with van der Waals surface area (Å²) in [6.07, 6.45) is 2.59. The first kappa shape index (κ1) is 18.1. The molecule has 0 bridgehead atoms. The quantitative estimate of drug-likeness (QED) is 0.811. The van der Waals surface area contributed by atoms with Gasteiger partial charge in [-0.15, -0.1) is 0 Å². The second kappa shape index (κ2) is 8.63. The predicted molar refractivity (Wildman–Crippen MR) is 106 cm³/mol. The van der Waals surface area contributed by atoms with Crippen LogP contribution in [0.15, 0.2) is 42.5 Å². The Hall–Kier alpha value is -2.24. The molecule has 1 saturated heterocycles. The zero-order valence-corrected chi connectivity index (χ0v) is 15.9. The van der Waals surface area contributed by atoms with E-state index in [1.165, 1.54) is 31.5 Å². The predicted octanol–water partition coefficient (Wildman–Crippen LogP) is 3.39. The highest BCUT2D eigenvalue weighted by atomic mass is 16.6. The zero-order chi connectivity index (χ0) is 18.5. The topological polar surface area (TPSA) is 43.0 Å². The highest BCUT2D eigenvalue weighted by molar-refractivity contribution is 5.54. The Morgan fingerprint density at radius 1 is 1.07 bits per heavy atom. The highest BCUT2D eigenvalue weighted by Gasteiger charge is 2.23. The summed E-state index contributed by atoms with van der Waals surface area (Å²) < 4.78 is 16.9. The van der Waals surface area contributed by atoms with Gasteiger partial charge >= 0.3 is 0 Å². The second-order valence-electron chi connectivity index (χ2n) is 7.12. The fraction of sp³-hybridized carbons (Fsp3) is 0.455. The summed E-state index contributed by atoms with van der Waals surface area (Å²) in [5.41, 5.74) is 2.52. The van der Waals surface area contributed by atoms with Gasteiger partial charge in [0.05, 0.1) is 7.11 Å². The van der Waals surface area contributed by atoms with E-state index in [-0.39, 0.29) is 0 Å². The minimum Gasteiger partial charge on any atom is -0.493 e. The molecule has 2 aromatic carbocycles. The first-order valence-electron chi connectivity index (χ1n) is 9.81. The molecule has 2 heterocycles. The maximum atomic E-state index is 5.74. The SMILES string of the molecule is COc1cc(CNC[C@H](c2ccccc2)N2CCCC2)cc2c1OCCO2. The molecule has 0 aliphatic carbocycles. The van der Waals surface area contributed by atoms with E-state index < -0.39 is 0 Å². The Labute approximate surface area is 161 Å². The largest absolute Gasteiger partial charge is 0.493 e. The first-order chi connectivity index (χ1) is 13.3. The molecule has 1 N–H and O–H groups in total. The molecule has 5 nitrogen and oxygen atoms in total. The normalized spacial score (nSPS) is 17.7. The third-order valence-corrected chi connectivity index (χ3v) is 5.32. The number of benzene rings is 2. The van der Waals surface area contributed by atoms with Crippen LogP contribution in [0.1, 0.15) is 30.0 Å². The minimum absolute atomic E-state index is 0.410. The van der Waals surface area contributed by atoms with E-state index in [0.717, 1.165) is 30.2 Å². The number of hydrogen-bond donors (Lipinski definition) is 1. The van der Waals surface area contributed by atoms with Gasteiger partial charge in [-0.3, -0.25) is 4.90 Å². The molecule has 0 spiro atoms. The standard InChI is InChI=1S/C22H28N2O3/c1-25-20-13-17(14-21-22(20)27-12-11-26-21)15-23-16-19(24-9-5-6-10-24)18-7-3-2-4-8-18/h2-4,7-8,13-14,19,23H,5-6,9-12,15-16H2,1H3/t19-/m1/s1. The van der Waals surface area contributed by atoms with Crippen molar-refractivity contribution in [1.29, 1.82) is 0 Å². The molecular formula is C22H28N2O3. The first-order valence-corrected chi connectivity index (χ1v) is 9.81. The van der Waals surface area contributed by atoms with Crippen molar-refractivity contribution in [3.8, 4) is 17.2 Å². The van der Waals surface area contributed by atoms with Crippen LogP contribution in [0, 0.1) is 0 Å². The molecule has 4 rings (SSSR count). The summed E-state index contributed by atoms with van der Waals surface area (Å²) in [5.74, 6) is 2.23. The summed E-state index contributed by atoms with van der Waals surface area (Å²) in [6, 6.07) is 15.3. The number of ether oxygens (including phenoxy) is 3. The van der Waals surface area contributed by atoms with Crippen LogP contribution in [-0.2, 0) is 6.54 Å². The van der Waals surface area contributed by atoms with Crippen LogP contribution in [0.3, 0.4) is 0 Å². The lowest BCUT2D eigenvalue weighted by atomic mass is 10.1. The van der Waals surface area contributed by atoms with Crippen molar-refractivity contribution in [3.63, 3.8) is 0 Å². The van der Waals surface area contributed by atoms with E-state index >= 15 is 0 Å². The fourth-order valence-corrected chi connectivity index (χ4v) is 3.97. The molecule has 1 fully saturated rings. The van der Waals surface area contributed by atoms with Crippen molar-refractivity contribution >= 4 is 0 Å². The molecule has 0 radical (unpaired) electrons. The monoisotopic (exact) mass is 368 g/mol. The van der Waals surface area contributed by atoms with Gasteiger partial charge in [0.25, 0.3) is 0 Å². The smallest absolute Gasteiger partial charge is 0.203 e. The Morgan fingerprint density at radius 3 is 2.63 bits per heavy atom. The van der Waals surface area contributed by atoms with Crippen molar-refractivity contribution < 1.29 is 14.2 Å². The summed E-state index contributed by atoms with van der Waals surface area (Å²) in [6.45, 7) is 5.19. The van der Waals surface area contributed by atoms with Gasteiger partial charge in [0.1, 0.15) is 13.2 Å². The zero-order valence-electron chi connectivity index (χ0n) is 15.9. The summed E-state index contributed by atoms with van der Waals surface area (Å²) >= 11 is 0. The van der Waals surface area contributed by atoms with E-state index in [4.69, 9.17) is 14.2 Å². The van der Waals surface area contributed by atoms with E-state index in [2.05, 4.69) is 46.6 Å². The lowest BCUT2D eigenvalue weighted by Crippen LogP contribution is -2.34. The van der Waals surface area contributed by atoms with Crippen LogP contribution in [0.25, 0.3) is 0 Å². The van der Waals surface area contributed by atoms with E-state index in [0.29, 0.717) is 25.0 Å². The molecule has 0 amide bonds. The lowest BCUT2D eigenvalue weighted by Gasteiger charge is -2.28. The molecule has 0 saturated carbocycles. The number of methoxy groups -OCH3 is 1. The molecular weight excluding hydrogens is 340 g/mol. The maximum absolute atomic E-state index is 5.74. The molecule has 2 aliphatic heterocycles.